The quantitative estimate of drug-likeness (QED) is 0.670. The van der Waals surface area contributed by atoms with Crippen LogP contribution in [0.25, 0.3) is 10.8 Å². The molecule has 7 nitrogen and oxygen atoms in total. The lowest BCUT2D eigenvalue weighted by Crippen LogP contribution is -2.36. The lowest BCUT2D eigenvalue weighted by molar-refractivity contribution is -0.128. The van der Waals surface area contributed by atoms with Crippen molar-refractivity contribution < 1.29 is 9.53 Å². The molecule has 0 aliphatic carbocycles. The number of aromatic nitrogens is 3. The standard InChI is InChI=1S/C25H31N5O2/c1-18(26-25(31)20-10-15-32-16-11-20)24-28-27-23-9-12-29(13-14-30(23)24)17-21-7-4-6-19-5-2-3-8-22(19)21/h2-8,18,20H,9-17H2,1H3,(H,26,31). The summed E-state index contributed by atoms with van der Waals surface area (Å²) in [5.74, 6) is 2.00. The number of carbonyl (C=O) groups excluding carboxylic acids is 1. The van der Waals surface area contributed by atoms with Crippen molar-refractivity contribution in [1.29, 1.82) is 0 Å². The molecular weight excluding hydrogens is 402 g/mol. The number of rotatable bonds is 5. The second-order valence-electron chi connectivity index (χ2n) is 8.91. The minimum atomic E-state index is -0.156. The lowest BCUT2D eigenvalue weighted by atomic mass is 9.99. The fourth-order valence-corrected chi connectivity index (χ4v) is 4.89. The highest BCUT2D eigenvalue weighted by Crippen LogP contribution is 2.22. The fraction of sp³-hybridized carbons (Fsp3) is 0.480. The van der Waals surface area contributed by atoms with Gasteiger partial charge in [0.15, 0.2) is 5.82 Å². The van der Waals surface area contributed by atoms with Crippen molar-refractivity contribution in [3.8, 4) is 0 Å². The first-order valence-corrected chi connectivity index (χ1v) is 11.7. The molecule has 3 aromatic rings. The first-order valence-electron chi connectivity index (χ1n) is 11.7. The number of benzene rings is 2. The molecule has 0 radical (unpaired) electrons. The van der Waals surface area contributed by atoms with Gasteiger partial charge >= 0.3 is 0 Å². The summed E-state index contributed by atoms with van der Waals surface area (Å²) in [5.41, 5.74) is 1.36. The van der Waals surface area contributed by atoms with Gasteiger partial charge in [-0.3, -0.25) is 9.69 Å². The molecule has 168 valence electrons. The highest BCUT2D eigenvalue weighted by atomic mass is 16.5. The van der Waals surface area contributed by atoms with Gasteiger partial charge in [-0.2, -0.15) is 0 Å². The maximum atomic E-state index is 12.7. The normalized spacial score (nSPS) is 18.8. The molecule has 3 heterocycles. The zero-order chi connectivity index (χ0) is 21.9. The van der Waals surface area contributed by atoms with Crippen molar-refractivity contribution in [2.75, 3.05) is 26.3 Å². The topological polar surface area (TPSA) is 72.3 Å². The monoisotopic (exact) mass is 433 g/mol. The van der Waals surface area contributed by atoms with Gasteiger partial charge in [-0.15, -0.1) is 10.2 Å². The Hall–Kier alpha value is -2.77. The van der Waals surface area contributed by atoms with Crippen molar-refractivity contribution in [2.24, 2.45) is 5.92 Å². The number of ether oxygens (including phenoxy) is 1. The van der Waals surface area contributed by atoms with Crippen molar-refractivity contribution in [3.05, 3.63) is 59.7 Å². The number of amides is 1. The molecule has 2 aromatic carbocycles. The third-order valence-corrected chi connectivity index (χ3v) is 6.76. The Morgan fingerprint density at radius 3 is 2.78 bits per heavy atom. The summed E-state index contributed by atoms with van der Waals surface area (Å²) in [4.78, 5) is 15.2. The second kappa shape index (κ2) is 9.38. The van der Waals surface area contributed by atoms with Gasteiger partial charge < -0.3 is 14.6 Å². The van der Waals surface area contributed by atoms with E-state index in [1.54, 1.807) is 0 Å². The van der Waals surface area contributed by atoms with Crippen LogP contribution in [0.3, 0.4) is 0 Å². The van der Waals surface area contributed by atoms with Crippen LogP contribution in [0.5, 0.6) is 0 Å². The van der Waals surface area contributed by atoms with E-state index < -0.39 is 0 Å². The molecule has 0 bridgehead atoms. The summed E-state index contributed by atoms with van der Waals surface area (Å²) >= 11 is 0. The van der Waals surface area contributed by atoms with Gasteiger partial charge in [0.25, 0.3) is 0 Å². The third kappa shape index (κ3) is 4.40. The van der Waals surface area contributed by atoms with E-state index in [0.717, 1.165) is 57.1 Å². The van der Waals surface area contributed by atoms with Crippen molar-refractivity contribution in [3.63, 3.8) is 0 Å². The van der Waals surface area contributed by atoms with Crippen LogP contribution in [0, 0.1) is 5.92 Å². The van der Waals surface area contributed by atoms with E-state index in [2.05, 4.69) is 67.4 Å². The highest BCUT2D eigenvalue weighted by Gasteiger charge is 2.26. The Morgan fingerprint density at radius 2 is 1.91 bits per heavy atom. The molecule has 1 aromatic heterocycles. The largest absolute Gasteiger partial charge is 0.381 e. The molecule has 2 aliphatic rings. The van der Waals surface area contributed by atoms with Gasteiger partial charge in [-0.1, -0.05) is 42.5 Å². The van der Waals surface area contributed by atoms with Gasteiger partial charge in [0.2, 0.25) is 5.91 Å². The molecule has 1 N–H and O–H groups in total. The van der Waals surface area contributed by atoms with E-state index in [-0.39, 0.29) is 17.9 Å². The fourth-order valence-electron chi connectivity index (χ4n) is 4.89. The Bertz CT molecular complexity index is 1080. The van der Waals surface area contributed by atoms with E-state index in [9.17, 15) is 4.79 Å². The summed E-state index contributed by atoms with van der Waals surface area (Å²) in [6.45, 7) is 6.98. The van der Waals surface area contributed by atoms with Crippen LogP contribution >= 0.6 is 0 Å². The first-order chi connectivity index (χ1) is 15.7. The minimum absolute atomic E-state index is 0.0360. The second-order valence-corrected chi connectivity index (χ2v) is 8.91. The van der Waals surface area contributed by atoms with Gasteiger partial charge in [0.05, 0.1) is 6.04 Å². The van der Waals surface area contributed by atoms with Crippen LogP contribution in [0.1, 0.15) is 43.0 Å². The highest BCUT2D eigenvalue weighted by molar-refractivity contribution is 5.85. The molecule has 1 fully saturated rings. The molecule has 0 saturated carbocycles. The molecule has 5 rings (SSSR count). The van der Waals surface area contributed by atoms with E-state index in [0.29, 0.717) is 13.2 Å². The Balaban J connectivity index is 1.25. The van der Waals surface area contributed by atoms with Gasteiger partial charge in [-0.05, 0) is 36.1 Å². The van der Waals surface area contributed by atoms with Crippen molar-refractivity contribution in [1.82, 2.24) is 25.0 Å². The van der Waals surface area contributed by atoms with Gasteiger partial charge in [0.1, 0.15) is 5.82 Å². The smallest absolute Gasteiger partial charge is 0.223 e. The lowest BCUT2D eigenvalue weighted by Gasteiger charge is -2.24. The van der Waals surface area contributed by atoms with Crippen LogP contribution in [0.2, 0.25) is 0 Å². The third-order valence-electron chi connectivity index (χ3n) is 6.76. The summed E-state index contributed by atoms with van der Waals surface area (Å²) < 4.78 is 7.59. The molecule has 1 unspecified atom stereocenters. The Morgan fingerprint density at radius 1 is 1.09 bits per heavy atom. The Kier molecular flexibility index (Phi) is 6.19. The molecule has 1 amide bonds. The van der Waals surface area contributed by atoms with Crippen LogP contribution < -0.4 is 5.32 Å². The summed E-state index contributed by atoms with van der Waals surface area (Å²) in [6, 6.07) is 15.0. The predicted octanol–water partition coefficient (Wildman–Crippen LogP) is 3.09. The predicted molar refractivity (Wildman–Crippen MR) is 123 cm³/mol. The van der Waals surface area contributed by atoms with Crippen LogP contribution in [0.15, 0.2) is 42.5 Å². The van der Waals surface area contributed by atoms with Crippen LogP contribution in [-0.4, -0.2) is 51.9 Å². The number of fused-ring (bicyclic) bond motifs is 2. The molecule has 0 spiro atoms. The van der Waals surface area contributed by atoms with Crippen molar-refractivity contribution >= 4 is 16.7 Å². The maximum absolute atomic E-state index is 12.7. The van der Waals surface area contributed by atoms with Gasteiger partial charge in [-0.25, -0.2) is 0 Å². The number of hydrogen-bond donors (Lipinski definition) is 1. The van der Waals surface area contributed by atoms with E-state index >= 15 is 0 Å². The average molecular weight is 434 g/mol. The average Bonchev–Trinajstić information content (AvgIpc) is 3.14. The van der Waals surface area contributed by atoms with Crippen LogP contribution in [0.4, 0.5) is 0 Å². The zero-order valence-electron chi connectivity index (χ0n) is 18.7. The summed E-state index contributed by atoms with van der Waals surface area (Å²) in [5, 5.41) is 14.7. The van der Waals surface area contributed by atoms with E-state index in [4.69, 9.17) is 4.74 Å². The molecule has 1 atom stereocenters. The van der Waals surface area contributed by atoms with Crippen molar-refractivity contribution in [2.45, 2.75) is 45.3 Å². The van der Waals surface area contributed by atoms with E-state index in [1.165, 1.54) is 16.3 Å². The SMILES string of the molecule is CC(NC(=O)C1CCOCC1)c1nnc2n1CCN(Cc1cccc3ccccc13)CC2. The molecular formula is C25H31N5O2. The number of nitrogens with one attached hydrogen (secondary N) is 1. The summed E-state index contributed by atoms with van der Waals surface area (Å²) in [6.07, 6.45) is 2.44. The zero-order valence-corrected chi connectivity index (χ0v) is 18.7. The maximum Gasteiger partial charge on any atom is 0.223 e. The number of nitrogens with zero attached hydrogens (tertiary/aromatic N) is 4. The Labute approximate surface area is 188 Å². The summed E-state index contributed by atoms with van der Waals surface area (Å²) in [7, 11) is 0. The molecule has 2 aliphatic heterocycles. The molecule has 7 heteroatoms. The molecule has 32 heavy (non-hydrogen) atoms. The van der Waals surface area contributed by atoms with E-state index in [1.807, 2.05) is 6.92 Å². The number of carbonyl (C=O) groups is 1. The van der Waals surface area contributed by atoms with Gasteiger partial charge in [0, 0.05) is 51.7 Å². The molecule has 1 saturated heterocycles. The minimum Gasteiger partial charge on any atom is -0.381 e. The first kappa shape index (κ1) is 21.1. The number of hydrogen-bond acceptors (Lipinski definition) is 5. The van der Waals surface area contributed by atoms with Crippen LogP contribution in [-0.2, 0) is 29.0 Å².